The second kappa shape index (κ2) is 10.7. The van der Waals surface area contributed by atoms with E-state index in [2.05, 4.69) is 10.0 Å². The molecule has 32 heavy (non-hydrogen) atoms. The van der Waals surface area contributed by atoms with Crippen LogP contribution in [-0.2, 0) is 16.6 Å². The minimum atomic E-state index is -3.77. The Bertz CT molecular complexity index is 1110. The van der Waals surface area contributed by atoms with Crippen LogP contribution in [0.2, 0.25) is 0 Å². The predicted octanol–water partition coefficient (Wildman–Crippen LogP) is 4.94. The van der Waals surface area contributed by atoms with Crippen LogP contribution in [0.5, 0.6) is 5.75 Å². The Morgan fingerprint density at radius 1 is 0.844 bits per heavy atom. The zero-order valence-corrected chi connectivity index (χ0v) is 18.9. The molecule has 0 saturated heterocycles. The van der Waals surface area contributed by atoms with Crippen LogP contribution in [0.25, 0.3) is 0 Å². The number of carbonyl (C=O) groups excluding carboxylic acids is 1. The van der Waals surface area contributed by atoms with E-state index in [-0.39, 0.29) is 10.9 Å². The predicted molar refractivity (Wildman–Crippen MR) is 126 cm³/mol. The molecule has 168 valence electrons. The highest BCUT2D eigenvalue weighted by atomic mass is 32.2. The van der Waals surface area contributed by atoms with Crippen molar-refractivity contribution >= 4 is 27.4 Å². The molecular formula is C24H27N3O4S. The van der Waals surface area contributed by atoms with Crippen molar-refractivity contribution in [2.75, 3.05) is 23.1 Å². The zero-order chi connectivity index (χ0) is 23.0. The molecule has 2 amide bonds. The minimum absolute atomic E-state index is 0.0998. The summed E-state index contributed by atoms with van der Waals surface area (Å²) in [6, 6.07) is 22.3. The van der Waals surface area contributed by atoms with Crippen molar-refractivity contribution in [1.29, 1.82) is 0 Å². The van der Waals surface area contributed by atoms with Crippen LogP contribution in [0.4, 0.5) is 16.2 Å². The van der Waals surface area contributed by atoms with Crippen LogP contribution in [0.3, 0.4) is 0 Å². The Hall–Kier alpha value is -3.52. The van der Waals surface area contributed by atoms with Gasteiger partial charge in [-0.2, -0.15) is 0 Å². The Morgan fingerprint density at radius 3 is 2.03 bits per heavy atom. The van der Waals surface area contributed by atoms with Gasteiger partial charge in [0.1, 0.15) is 12.4 Å². The fourth-order valence-corrected chi connectivity index (χ4v) is 4.06. The van der Waals surface area contributed by atoms with Crippen LogP contribution in [0, 0.1) is 0 Å². The first-order valence-electron chi connectivity index (χ1n) is 10.4. The van der Waals surface area contributed by atoms with E-state index < -0.39 is 10.0 Å². The van der Waals surface area contributed by atoms with Crippen molar-refractivity contribution < 1.29 is 17.9 Å². The van der Waals surface area contributed by atoms with Gasteiger partial charge >= 0.3 is 6.03 Å². The molecule has 0 fully saturated rings. The van der Waals surface area contributed by atoms with Gasteiger partial charge in [0.15, 0.2) is 0 Å². The number of carbonyl (C=O) groups is 1. The van der Waals surface area contributed by atoms with Gasteiger partial charge in [0.25, 0.3) is 10.0 Å². The number of rotatable bonds is 9. The zero-order valence-electron chi connectivity index (χ0n) is 18.1. The summed E-state index contributed by atoms with van der Waals surface area (Å²) in [5, 5.41) is 2.76. The number of amides is 2. The average molecular weight is 454 g/mol. The van der Waals surface area contributed by atoms with Crippen molar-refractivity contribution in [3.63, 3.8) is 0 Å². The Morgan fingerprint density at radius 2 is 1.44 bits per heavy atom. The maximum Gasteiger partial charge on any atom is 0.321 e. The third kappa shape index (κ3) is 6.24. The number of ether oxygens (including phenoxy) is 1. The molecule has 0 bridgehead atoms. The molecule has 0 saturated carbocycles. The van der Waals surface area contributed by atoms with Crippen molar-refractivity contribution in [3.8, 4) is 5.75 Å². The molecule has 0 radical (unpaired) electrons. The molecule has 0 aliphatic heterocycles. The Balaban J connectivity index is 1.60. The van der Waals surface area contributed by atoms with Gasteiger partial charge in [-0.25, -0.2) is 13.2 Å². The van der Waals surface area contributed by atoms with Gasteiger partial charge in [0.2, 0.25) is 0 Å². The SMILES string of the molecule is CCN(CC)C(=O)Nc1ccc(S(=O)(=O)Nc2ccc(OCc3ccccc3)cc2)cc1. The van der Waals surface area contributed by atoms with Crippen LogP contribution >= 0.6 is 0 Å². The molecular weight excluding hydrogens is 426 g/mol. The molecule has 3 aromatic rings. The normalized spacial score (nSPS) is 10.9. The van der Waals surface area contributed by atoms with Crippen molar-refractivity contribution in [3.05, 3.63) is 84.4 Å². The maximum atomic E-state index is 12.7. The van der Waals surface area contributed by atoms with Gasteiger partial charge in [0, 0.05) is 24.5 Å². The highest BCUT2D eigenvalue weighted by molar-refractivity contribution is 7.92. The molecule has 0 aliphatic rings. The topological polar surface area (TPSA) is 87.7 Å². The first-order chi connectivity index (χ1) is 15.4. The van der Waals surface area contributed by atoms with Gasteiger partial charge in [0.05, 0.1) is 4.90 Å². The highest BCUT2D eigenvalue weighted by Gasteiger charge is 2.15. The molecule has 3 rings (SSSR count). The Kier molecular flexibility index (Phi) is 7.72. The molecule has 0 unspecified atom stereocenters. The average Bonchev–Trinajstić information content (AvgIpc) is 2.80. The molecule has 0 aliphatic carbocycles. The second-order valence-corrected chi connectivity index (χ2v) is 8.71. The quantitative estimate of drug-likeness (QED) is 0.480. The fraction of sp³-hybridized carbons (Fsp3) is 0.208. The first-order valence-corrected chi connectivity index (χ1v) is 11.8. The van der Waals surface area contributed by atoms with Gasteiger partial charge in [-0.1, -0.05) is 30.3 Å². The maximum absolute atomic E-state index is 12.7. The number of nitrogens with zero attached hydrogens (tertiary/aromatic N) is 1. The van der Waals surface area contributed by atoms with E-state index >= 15 is 0 Å². The molecule has 0 aromatic heterocycles. The lowest BCUT2D eigenvalue weighted by molar-refractivity contribution is 0.217. The highest BCUT2D eigenvalue weighted by Crippen LogP contribution is 2.21. The van der Waals surface area contributed by atoms with E-state index in [0.717, 1.165) is 5.56 Å². The van der Waals surface area contributed by atoms with Gasteiger partial charge in [-0.05, 0) is 67.9 Å². The molecule has 3 aromatic carbocycles. The van der Waals surface area contributed by atoms with Crippen LogP contribution in [0.15, 0.2) is 83.8 Å². The number of anilines is 2. The van der Waals surface area contributed by atoms with E-state index in [9.17, 15) is 13.2 Å². The van der Waals surface area contributed by atoms with E-state index in [1.54, 1.807) is 41.3 Å². The molecule has 2 N–H and O–H groups in total. The summed E-state index contributed by atoms with van der Waals surface area (Å²) in [4.78, 5) is 13.9. The van der Waals surface area contributed by atoms with E-state index in [0.29, 0.717) is 36.8 Å². The number of nitrogens with one attached hydrogen (secondary N) is 2. The van der Waals surface area contributed by atoms with Crippen molar-refractivity contribution in [2.45, 2.75) is 25.3 Å². The largest absolute Gasteiger partial charge is 0.489 e. The number of urea groups is 1. The third-order valence-electron chi connectivity index (χ3n) is 4.82. The van der Waals surface area contributed by atoms with Crippen LogP contribution < -0.4 is 14.8 Å². The van der Waals surface area contributed by atoms with Crippen molar-refractivity contribution in [2.24, 2.45) is 0 Å². The lowest BCUT2D eigenvalue weighted by Crippen LogP contribution is -2.34. The Labute approximate surface area is 189 Å². The molecule has 0 spiro atoms. The fourth-order valence-electron chi connectivity index (χ4n) is 3.00. The second-order valence-electron chi connectivity index (χ2n) is 7.03. The minimum Gasteiger partial charge on any atom is -0.489 e. The summed E-state index contributed by atoms with van der Waals surface area (Å²) < 4.78 is 33.7. The smallest absolute Gasteiger partial charge is 0.321 e. The van der Waals surface area contributed by atoms with Gasteiger partial charge in [-0.15, -0.1) is 0 Å². The first kappa shape index (κ1) is 23.1. The lowest BCUT2D eigenvalue weighted by atomic mass is 10.2. The molecule has 0 atom stereocenters. The number of benzene rings is 3. The number of sulfonamides is 1. The molecule has 7 nitrogen and oxygen atoms in total. The standard InChI is InChI=1S/C24H27N3O4S/c1-3-27(4-2)24(28)25-20-12-16-23(17-13-20)32(29,30)26-21-10-14-22(15-11-21)31-18-19-8-6-5-7-9-19/h5-17,26H,3-4,18H2,1-2H3,(H,25,28). The van der Waals surface area contributed by atoms with Gasteiger partial charge in [-0.3, -0.25) is 4.72 Å². The number of hydrogen-bond acceptors (Lipinski definition) is 4. The molecule has 0 heterocycles. The summed E-state index contributed by atoms with van der Waals surface area (Å²) in [6.07, 6.45) is 0. The van der Waals surface area contributed by atoms with Crippen molar-refractivity contribution in [1.82, 2.24) is 4.90 Å². The van der Waals surface area contributed by atoms with E-state index in [1.165, 1.54) is 12.1 Å². The van der Waals surface area contributed by atoms with Crippen LogP contribution in [0.1, 0.15) is 19.4 Å². The number of hydrogen-bond donors (Lipinski definition) is 2. The summed E-state index contributed by atoms with van der Waals surface area (Å²) in [5.41, 5.74) is 2.01. The summed E-state index contributed by atoms with van der Waals surface area (Å²) >= 11 is 0. The van der Waals surface area contributed by atoms with E-state index in [1.807, 2.05) is 44.2 Å². The van der Waals surface area contributed by atoms with E-state index in [4.69, 9.17) is 4.74 Å². The summed E-state index contributed by atoms with van der Waals surface area (Å²) in [7, 11) is -3.77. The third-order valence-corrected chi connectivity index (χ3v) is 6.22. The lowest BCUT2D eigenvalue weighted by Gasteiger charge is -2.19. The summed E-state index contributed by atoms with van der Waals surface area (Å²) in [6.45, 7) is 5.41. The summed E-state index contributed by atoms with van der Waals surface area (Å²) in [5.74, 6) is 0.644. The molecule has 8 heteroatoms. The van der Waals surface area contributed by atoms with Gasteiger partial charge < -0.3 is 15.0 Å². The van der Waals surface area contributed by atoms with Crippen LogP contribution in [-0.4, -0.2) is 32.4 Å². The monoisotopic (exact) mass is 453 g/mol.